The monoisotopic (exact) mass is 312 g/mol. The lowest BCUT2D eigenvalue weighted by atomic mass is 9.86. The van der Waals surface area contributed by atoms with Gasteiger partial charge in [0.2, 0.25) is 5.91 Å². The van der Waals surface area contributed by atoms with Crippen LogP contribution in [0.25, 0.3) is 10.9 Å². The van der Waals surface area contributed by atoms with Crippen molar-refractivity contribution in [3.05, 3.63) is 30.5 Å². The van der Waals surface area contributed by atoms with Gasteiger partial charge < -0.3 is 10.1 Å². The third kappa shape index (κ3) is 4.01. The number of amides is 1. The van der Waals surface area contributed by atoms with Crippen molar-refractivity contribution < 1.29 is 9.53 Å². The third-order valence-corrected chi connectivity index (χ3v) is 4.69. The number of carbonyl (C=O) groups is 1. The normalized spacial score (nSPS) is 15.5. The number of nitrogens with one attached hydrogen (secondary N) is 1. The molecule has 23 heavy (non-hydrogen) atoms. The van der Waals surface area contributed by atoms with Gasteiger partial charge in [0.25, 0.3) is 0 Å². The zero-order valence-electron chi connectivity index (χ0n) is 13.7. The van der Waals surface area contributed by atoms with Gasteiger partial charge in [-0.25, -0.2) is 0 Å². The minimum atomic E-state index is 0.0655. The Kier molecular flexibility index (Phi) is 5.11. The molecule has 0 aliphatic heterocycles. The van der Waals surface area contributed by atoms with Crippen LogP contribution in [0.4, 0.5) is 5.69 Å². The van der Waals surface area contributed by atoms with Crippen LogP contribution in [0.1, 0.15) is 44.9 Å². The number of aromatic nitrogens is 1. The van der Waals surface area contributed by atoms with Crippen molar-refractivity contribution in [1.29, 1.82) is 0 Å². The first-order valence-corrected chi connectivity index (χ1v) is 8.49. The molecule has 1 aromatic heterocycles. The number of carbonyl (C=O) groups excluding carboxylic acids is 1. The summed E-state index contributed by atoms with van der Waals surface area (Å²) in [5, 5.41) is 3.98. The standard InChI is InChI=1S/C19H24N2O2/c1-23-16-12-15-8-5-11-20-19(15)17(13-16)21-18(22)10-9-14-6-3-2-4-7-14/h5,8,11-14H,2-4,6-7,9-10H2,1H3,(H,21,22). The van der Waals surface area contributed by atoms with E-state index in [1.807, 2.05) is 24.3 Å². The maximum Gasteiger partial charge on any atom is 0.224 e. The van der Waals surface area contributed by atoms with E-state index in [0.29, 0.717) is 6.42 Å². The fourth-order valence-electron chi connectivity index (χ4n) is 3.40. The molecule has 122 valence electrons. The summed E-state index contributed by atoms with van der Waals surface area (Å²) in [6.45, 7) is 0. The lowest BCUT2D eigenvalue weighted by molar-refractivity contribution is -0.116. The molecule has 1 heterocycles. The van der Waals surface area contributed by atoms with Crippen molar-refractivity contribution in [3.63, 3.8) is 0 Å². The average Bonchev–Trinajstić information content (AvgIpc) is 2.60. The molecule has 1 amide bonds. The van der Waals surface area contributed by atoms with Crippen molar-refractivity contribution in [2.75, 3.05) is 12.4 Å². The summed E-state index contributed by atoms with van der Waals surface area (Å²) in [4.78, 5) is 16.7. The molecule has 1 aliphatic carbocycles. The van der Waals surface area contributed by atoms with Crippen LogP contribution in [0.3, 0.4) is 0 Å². The Morgan fingerprint density at radius 1 is 1.30 bits per heavy atom. The predicted molar refractivity (Wildman–Crippen MR) is 92.7 cm³/mol. The molecule has 1 fully saturated rings. The molecule has 4 heteroatoms. The van der Waals surface area contributed by atoms with Gasteiger partial charge in [-0.1, -0.05) is 38.2 Å². The molecule has 1 N–H and O–H groups in total. The topological polar surface area (TPSA) is 51.2 Å². The minimum absolute atomic E-state index is 0.0655. The van der Waals surface area contributed by atoms with Gasteiger partial charge in [0, 0.05) is 24.1 Å². The summed E-state index contributed by atoms with van der Waals surface area (Å²) in [6.07, 6.45) is 9.84. The molecule has 0 spiro atoms. The fraction of sp³-hybridized carbons (Fsp3) is 0.474. The van der Waals surface area contributed by atoms with Crippen molar-refractivity contribution >= 4 is 22.5 Å². The first-order valence-electron chi connectivity index (χ1n) is 8.49. The Morgan fingerprint density at radius 3 is 2.91 bits per heavy atom. The first-order chi connectivity index (χ1) is 11.3. The van der Waals surface area contributed by atoms with E-state index in [1.54, 1.807) is 13.3 Å². The summed E-state index contributed by atoms with van der Waals surface area (Å²) in [5.74, 6) is 1.51. The molecule has 0 bridgehead atoms. The van der Waals surface area contributed by atoms with Crippen molar-refractivity contribution in [3.8, 4) is 5.75 Å². The second-order valence-corrected chi connectivity index (χ2v) is 6.34. The largest absolute Gasteiger partial charge is 0.497 e. The van der Waals surface area contributed by atoms with E-state index < -0.39 is 0 Å². The third-order valence-electron chi connectivity index (χ3n) is 4.69. The van der Waals surface area contributed by atoms with Crippen LogP contribution in [-0.2, 0) is 4.79 Å². The van der Waals surface area contributed by atoms with Gasteiger partial charge in [0.15, 0.2) is 0 Å². The maximum atomic E-state index is 12.3. The number of methoxy groups -OCH3 is 1. The van der Waals surface area contributed by atoms with E-state index in [2.05, 4.69) is 10.3 Å². The number of fused-ring (bicyclic) bond motifs is 1. The van der Waals surface area contributed by atoms with Gasteiger partial charge in [-0.05, 0) is 24.5 Å². The number of ether oxygens (including phenoxy) is 1. The lowest BCUT2D eigenvalue weighted by Crippen LogP contribution is -2.15. The smallest absolute Gasteiger partial charge is 0.224 e. The van der Waals surface area contributed by atoms with Crippen molar-refractivity contribution in [1.82, 2.24) is 4.98 Å². The van der Waals surface area contributed by atoms with Crippen LogP contribution >= 0.6 is 0 Å². The van der Waals surface area contributed by atoms with Crippen LogP contribution in [0, 0.1) is 5.92 Å². The number of anilines is 1. The molecule has 2 aromatic rings. The van der Waals surface area contributed by atoms with Crippen LogP contribution in [-0.4, -0.2) is 18.0 Å². The quantitative estimate of drug-likeness (QED) is 0.881. The molecule has 0 saturated heterocycles. The lowest BCUT2D eigenvalue weighted by Gasteiger charge is -2.21. The van der Waals surface area contributed by atoms with E-state index in [4.69, 9.17) is 4.74 Å². The van der Waals surface area contributed by atoms with Crippen LogP contribution < -0.4 is 10.1 Å². The summed E-state index contributed by atoms with van der Waals surface area (Å²) >= 11 is 0. The van der Waals surface area contributed by atoms with E-state index >= 15 is 0 Å². The average molecular weight is 312 g/mol. The molecule has 3 rings (SSSR count). The van der Waals surface area contributed by atoms with E-state index in [1.165, 1.54) is 32.1 Å². The number of hydrogen-bond donors (Lipinski definition) is 1. The summed E-state index contributed by atoms with van der Waals surface area (Å²) in [6, 6.07) is 7.63. The highest BCUT2D eigenvalue weighted by Crippen LogP contribution is 2.29. The Balaban J connectivity index is 1.68. The summed E-state index contributed by atoms with van der Waals surface area (Å²) in [5.41, 5.74) is 1.54. The number of hydrogen-bond acceptors (Lipinski definition) is 3. The van der Waals surface area contributed by atoms with Crippen LogP contribution in [0.15, 0.2) is 30.5 Å². The molecular formula is C19H24N2O2. The van der Waals surface area contributed by atoms with Gasteiger partial charge in [-0.3, -0.25) is 9.78 Å². The van der Waals surface area contributed by atoms with Gasteiger partial charge in [0.05, 0.1) is 18.3 Å². The zero-order valence-corrected chi connectivity index (χ0v) is 13.7. The highest BCUT2D eigenvalue weighted by molar-refractivity contribution is 6.01. The Morgan fingerprint density at radius 2 is 2.13 bits per heavy atom. The Labute approximate surface area is 137 Å². The van der Waals surface area contributed by atoms with E-state index in [9.17, 15) is 4.79 Å². The Hall–Kier alpha value is -2.10. The molecule has 0 radical (unpaired) electrons. The molecule has 0 atom stereocenters. The fourth-order valence-corrected chi connectivity index (χ4v) is 3.40. The highest BCUT2D eigenvalue weighted by Gasteiger charge is 2.15. The second kappa shape index (κ2) is 7.44. The highest BCUT2D eigenvalue weighted by atomic mass is 16.5. The summed E-state index contributed by atoms with van der Waals surface area (Å²) in [7, 11) is 1.63. The molecular weight excluding hydrogens is 288 g/mol. The van der Waals surface area contributed by atoms with Gasteiger partial charge in [-0.2, -0.15) is 0 Å². The van der Waals surface area contributed by atoms with Crippen LogP contribution in [0.5, 0.6) is 5.75 Å². The van der Waals surface area contributed by atoms with Crippen LogP contribution in [0.2, 0.25) is 0 Å². The maximum absolute atomic E-state index is 12.3. The van der Waals surface area contributed by atoms with Crippen molar-refractivity contribution in [2.45, 2.75) is 44.9 Å². The van der Waals surface area contributed by atoms with Gasteiger partial charge in [-0.15, -0.1) is 0 Å². The zero-order chi connectivity index (χ0) is 16.1. The molecule has 1 aromatic carbocycles. The van der Waals surface area contributed by atoms with Gasteiger partial charge >= 0.3 is 0 Å². The first kappa shape index (κ1) is 15.8. The molecule has 0 unspecified atom stereocenters. The second-order valence-electron chi connectivity index (χ2n) is 6.34. The number of pyridine rings is 1. The number of nitrogens with zero attached hydrogens (tertiary/aromatic N) is 1. The minimum Gasteiger partial charge on any atom is -0.497 e. The van der Waals surface area contributed by atoms with Gasteiger partial charge in [0.1, 0.15) is 5.75 Å². The Bertz CT molecular complexity index is 678. The SMILES string of the molecule is COc1cc(NC(=O)CCC2CCCCC2)c2ncccc2c1. The summed E-state index contributed by atoms with van der Waals surface area (Å²) < 4.78 is 5.32. The van der Waals surface area contributed by atoms with E-state index in [0.717, 1.165) is 34.7 Å². The number of rotatable bonds is 5. The molecule has 1 saturated carbocycles. The molecule has 1 aliphatic rings. The van der Waals surface area contributed by atoms with E-state index in [-0.39, 0.29) is 5.91 Å². The predicted octanol–water partition coefficient (Wildman–Crippen LogP) is 4.54. The number of benzene rings is 1. The molecule has 4 nitrogen and oxygen atoms in total. The van der Waals surface area contributed by atoms with Crippen molar-refractivity contribution in [2.24, 2.45) is 5.92 Å².